The Morgan fingerprint density at radius 1 is 1.40 bits per heavy atom. The number of aromatic nitrogens is 1. The first-order chi connectivity index (χ1) is 9.85. The number of ether oxygens (including phenoxy) is 1. The summed E-state index contributed by atoms with van der Waals surface area (Å²) in [4.78, 5) is 6.77. The molecule has 1 aliphatic heterocycles. The summed E-state index contributed by atoms with van der Waals surface area (Å²) >= 11 is 0. The summed E-state index contributed by atoms with van der Waals surface area (Å²) < 4.78 is 5.27. The van der Waals surface area contributed by atoms with Crippen LogP contribution in [-0.4, -0.2) is 38.3 Å². The van der Waals surface area contributed by atoms with Gasteiger partial charge in [0.1, 0.15) is 0 Å². The average Bonchev–Trinajstić information content (AvgIpc) is 2.49. The number of piperidine rings is 1. The molecule has 2 heterocycles. The van der Waals surface area contributed by atoms with E-state index in [4.69, 9.17) is 4.74 Å². The Balaban J connectivity index is 1.95. The molecule has 1 N–H and O–H groups in total. The number of rotatable bonds is 7. The molecule has 0 saturated carbocycles. The van der Waals surface area contributed by atoms with Crippen molar-refractivity contribution in [3.63, 3.8) is 0 Å². The molecule has 1 aromatic rings. The minimum Gasteiger partial charge on any atom is -0.384 e. The van der Waals surface area contributed by atoms with Crippen LogP contribution in [0.5, 0.6) is 0 Å². The molecule has 112 valence electrons. The van der Waals surface area contributed by atoms with Crippen molar-refractivity contribution >= 4 is 5.69 Å². The molecule has 0 spiro atoms. The van der Waals surface area contributed by atoms with Crippen LogP contribution in [0, 0.1) is 5.92 Å². The van der Waals surface area contributed by atoms with Gasteiger partial charge in [-0.05, 0) is 37.8 Å². The molecule has 0 bridgehead atoms. The van der Waals surface area contributed by atoms with Crippen molar-refractivity contribution in [3.8, 4) is 0 Å². The van der Waals surface area contributed by atoms with Gasteiger partial charge in [0, 0.05) is 57.0 Å². The lowest BCUT2D eigenvalue weighted by atomic mass is 9.97. The highest BCUT2D eigenvalue weighted by molar-refractivity contribution is 5.52. The fraction of sp³-hybridized carbons (Fsp3) is 0.688. The maximum Gasteiger partial charge on any atom is 0.0491 e. The molecule has 4 nitrogen and oxygen atoms in total. The number of pyridine rings is 1. The molecule has 0 aliphatic carbocycles. The Kier molecular flexibility index (Phi) is 6.27. The van der Waals surface area contributed by atoms with Gasteiger partial charge < -0.3 is 15.0 Å². The van der Waals surface area contributed by atoms with E-state index in [1.807, 2.05) is 12.4 Å². The normalized spacial score (nSPS) is 16.6. The largest absolute Gasteiger partial charge is 0.384 e. The first-order valence-electron chi connectivity index (χ1n) is 7.72. The monoisotopic (exact) mass is 277 g/mol. The van der Waals surface area contributed by atoms with Gasteiger partial charge in [-0.3, -0.25) is 4.98 Å². The summed E-state index contributed by atoms with van der Waals surface area (Å²) in [5.74, 6) is 0.722. The van der Waals surface area contributed by atoms with Crippen LogP contribution in [0.15, 0.2) is 18.5 Å². The predicted octanol–water partition coefficient (Wildman–Crippen LogP) is 2.44. The second kappa shape index (κ2) is 8.22. The SMILES string of the molecule is CCCNCc1cnccc1N1CCC(COC)CC1. The standard InChI is InChI=1S/C16H27N3O/c1-3-7-17-11-15-12-18-8-4-16(15)19-9-5-14(6-10-19)13-20-2/h4,8,12,14,17H,3,5-7,9-11,13H2,1-2H3. The lowest BCUT2D eigenvalue weighted by Gasteiger charge is -2.34. The van der Waals surface area contributed by atoms with E-state index in [0.29, 0.717) is 0 Å². The second-order valence-electron chi connectivity index (χ2n) is 5.57. The fourth-order valence-electron chi connectivity index (χ4n) is 2.84. The van der Waals surface area contributed by atoms with Gasteiger partial charge in [-0.2, -0.15) is 0 Å². The Labute approximate surface area is 122 Å². The molecular weight excluding hydrogens is 250 g/mol. The molecule has 0 atom stereocenters. The zero-order valence-corrected chi connectivity index (χ0v) is 12.8. The minimum atomic E-state index is 0.722. The van der Waals surface area contributed by atoms with Crippen LogP contribution in [-0.2, 0) is 11.3 Å². The number of hydrogen-bond donors (Lipinski definition) is 1. The van der Waals surface area contributed by atoms with E-state index in [0.717, 1.165) is 45.1 Å². The third-order valence-corrected chi connectivity index (χ3v) is 3.98. The van der Waals surface area contributed by atoms with Crippen LogP contribution in [0.3, 0.4) is 0 Å². The maximum atomic E-state index is 5.27. The molecular formula is C16H27N3O. The van der Waals surface area contributed by atoms with E-state index in [1.165, 1.54) is 24.1 Å². The molecule has 1 saturated heterocycles. The lowest BCUT2D eigenvalue weighted by molar-refractivity contribution is 0.139. The number of methoxy groups -OCH3 is 1. The first kappa shape index (κ1) is 15.3. The van der Waals surface area contributed by atoms with Crippen LogP contribution < -0.4 is 10.2 Å². The number of nitrogens with one attached hydrogen (secondary N) is 1. The van der Waals surface area contributed by atoms with Gasteiger partial charge in [0.05, 0.1) is 0 Å². The Hall–Kier alpha value is -1.13. The third-order valence-electron chi connectivity index (χ3n) is 3.98. The highest BCUT2D eigenvalue weighted by Gasteiger charge is 2.20. The van der Waals surface area contributed by atoms with Crippen molar-refractivity contribution in [2.24, 2.45) is 5.92 Å². The first-order valence-corrected chi connectivity index (χ1v) is 7.72. The quantitative estimate of drug-likeness (QED) is 0.777. The van der Waals surface area contributed by atoms with Gasteiger partial charge in [-0.25, -0.2) is 0 Å². The smallest absolute Gasteiger partial charge is 0.0491 e. The van der Waals surface area contributed by atoms with Gasteiger partial charge in [0.15, 0.2) is 0 Å². The molecule has 4 heteroatoms. The molecule has 20 heavy (non-hydrogen) atoms. The summed E-state index contributed by atoms with van der Waals surface area (Å²) in [6.45, 7) is 7.31. The maximum absolute atomic E-state index is 5.27. The van der Waals surface area contributed by atoms with E-state index in [9.17, 15) is 0 Å². The van der Waals surface area contributed by atoms with Gasteiger partial charge >= 0.3 is 0 Å². The summed E-state index contributed by atoms with van der Waals surface area (Å²) in [6, 6.07) is 2.15. The van der Waals surface area contributed by atoms with E-state index in [1.54, 1.807) is 7.11 Å². The van der Waals surface area contributed by atoms with Crippen LogP contribution >= 0.6 is 0 Å². The summed E-state index contributed by atoms with van der Waals surface area (Å²) in [7, 11) is 1.80. The van der Waals surface area contributed by atoms with Gasteiger partial charge in [0.25, 0.3) is 0 Å². The van der Waals surface area contributed by atoms with Crippen molar-refractivity contribution in [2.75, 3.05) is 38.3 Å². The van der Waals surface area contributed by atoms with E-state index in [2.05, 4.69) is 28.2 Å². The van der Waals surface area contributed by atoms with Crippen LogP contribution in [0.4, 0.5) is 5.69 Å². The Bertz CT molecular complexity index is 389. The van der Waals surface area contributed by atoms with Crippen molar-refractivity contribution in [1.29, 1.82) is 0 Å². The number of hydrogen-bond acceptors (Lipinski definition) is 4. The van der Waals surface area contributed by atoms with E-state index < -0.39 is 0 Å². The molecule has 0 radical (unpaired) electrons. The van der Waals surface area contributed by atoms with Crippen LogP contribution in [0.1, 0.15) is 31.7 Å². The Morgan fingerprint density at radius 2 is 2.20 bits per heavy atom. The van der Waals surface area contributed by atoms with Crippen molar-refractivity contribution in [2.45, 2.75) is 32.7 Å². The molecule has 1 aromatic heterocycles. The summed E-state index contributed by atoms with van der Waals surface area (Å²) in [5.41, 5.74) is 2.66. The number of nitrogens with zero attached hydrogens (tertiary/aromatic N) is 2. The van der Waals surface area contributed by atoms with Gasteiger partial charge in [-0.1, -0.05) is 6.92 Å². The van der Waals surface area contributed by atoms with Crippen molar-refractivity contribution in [3.05, 3.63) is 24.0 Å². The average molecular weight is 277 g/mol. The lowest BCUT2D eigenvalue weighted by Crippen LogP contribution is -2.36. The topological polar surface area (TPSA) is 37.4 Å². The molecule has 1 fully saturated rings. The fourth-order valence-corrected chi connectivity index (χ4v) is 2.84. The van der Waals surface area contributed by atoms with Gasteiger partial charge in [0.2, 0.25) is 0 Å². The molecule has 1 aliphatic rings. The third kappa shape index (κ3) is 4.18. The number of anilines is 1. The predicted molar refractivity (Wildman–Crippen MR) is 83.0 cm³/mol. The molecule has 0 amide bonds. The van der Waals surface area contributed by atoms with Crippen LogP contribution in [0.2, 0.25) is 0 Å². The zero-order valence-electron chi connectivity index (χ0n) is 12.8. The molecule has 2 rings (SSSR count). The van der Waals surface area contributed by atoms with Crippen molar-refractivity contribution in [1.82, 2.24) is 10.3 Å². The zero-order chi connectivity index (χ0) is 14.2. The Morgan fingerprint density at radius 3 is 2.90 bits per heavy atom. The highest BCUT2D eigenvalue weighted by Crippen LogP contribution is 2.25. The van der Waals surface area contributed by atoms with E-state index in [-0.39, 0.29) is 0 Å². The minimum absolute atomic E-state index is 0.722. The second-order valence-corrected chi connectivity index (χ2v) is 5.57. The van der Waals surface area contributed by atoms with Crippen molar-refractivity contribution < 1.29 is 4.74 Å². The summed E-state index contributed by atoms with van der Waals surface area (Å²) in [5, 5.41) is 3.47. The van der Waals surface area contributed by atoms with Crippen LogP contribution in [0.25, 0.3) is 0 Å². The summed E-state index contributed by atoms with van der Waals surface area (Å²) in [6.07, 6.45) is 7.51. The highest BCUT2D eigenvalue weighted by atomic mass is 16.5. The van der Waals surface area contributed by atoms with Gasteiger partial charge in [-0.15, -0.1) is 0 Å². The molecule has 0 unspecified atom stereocenters. The van der Waals surface area contributed by atoms with E-state index >= 15 is 0 Å². The molecule has 0 aromatic carbocycles.